The van der Waals surface area contributed by atoms with E-state index < -0.39 is 5.97 Å². The van der Waals surface area contributed by atoms with Gasteiger partial charge >= 0.3 is 5.97 Å². The summed E-state index contributed by atoms with van der Waals surface area (Å²) in [4.78, 5) is 25.3. The Morgan fingerprint density at radius 1 is 1.25 bits per heavy atom. The van der Waals surface area contributed by atoms with Gasteiger partial charge in [0.25, 0.3) is 0 Å². The molecule has 1 heterocycles. The van der Waals surface area contributed by atoms with Crippen LogP contribution in [0.4, 0.5) is 0 Å². The van der Waals surface area contributed by atoms with Crippen LogP contribution in [0.2, 0.25) is 0 Å². The summed E-state index contributed by atoms with van der Waals surface area (Å²) >= 11 is 0. The molecule has 0 unspecified atom stereocenters. The second-order valence-electron chi connectivity index (χ2n) is 5.50. The molecule has 1 aromatic heterocycles. The van der Waals surface area contributed by atoms with Crippen LogP contribution in [-0.4, -0.2) is 42.1 Å². The van der Waals surface area contributed by atoms with E-state index in [2.05, 4.69) is 0 Å². The number of ether oxygens (including phenoxy) is 1. The molecule has 6 nitrogen and oxygen atoms in total. The molecule has 1 aromatic carbocycles. The molecule has 128 valence electrons. The van der Waals surface area contributed by atoms with Gasteiger partial charge in [-0.2, -0.15) is 0 Å². The summed E-state index contributed by atoms with van der Waals surface area (Å²) in [5.74, 6) is 0.379. The zero-order valence-corrected chi connectivity index (χ0v) is 13.8. The lowest BCUT2D eigenvalue weighted by Crippen LogP contribution is -2.34. The molecule has 1 N–H and O–H groups in total. The molecule has 0 aliphatic rings. The Labute approximate surface area is 140 Å². The number of carbonyl (C=O) groups excluding carboxylic acids is 1. The maximum Gasteiger partial charge on any atom is 0.335 e. The number of aryl methyl sites for hydroxylation is 1. The number of carboxylic acids is 1. The number of rotatable bonds is 8. The van der Waals surface area contributed by atoms with Crippen LogP contribution >= 0.6 is 0 Å². The minimum atomic E-state index is -1.01. The number of carboxylic acid groups (broad SMARTS) is 1. The van der Waals surface area contributed by atoms with Crippen molar-refractivity contribution in [3.05, 3.63) is 59.0 Å². The second kappa shape index (κ2) is 8.31. The van der Waals surface area contributed by atoms with Crippen molar-refractivity contribution in [1.82, 2.24) is 4.90 Å². The number of methoxy groups -OCH3 is 1. The number of carbonyl (C=O) groups is 2. The van der Waals surface area contributed by atoms with Crippen LogP contribution in [0.25, 0.3) is 0 Å². The van der Waals surface area contributed by atoms with E-state index in [9.17, 15) is 9.59 Å². The van der Waals surface area contributed by atoms with E-state index >= 15 is 0 Å². The molecule has 0 saturated carbocycles. The van der Waals surface area contributed by atoms with Crippen molar-refractivity contribution in [2.45, 2.75) is 19.9 Å². The Kier molecular flexibility index (Phi) is 6.14. The monoisotopic (exact) mass is 331 g/mol. The van der Waals surface area contributed by atoms with Gasteiger partial charge in [-0.15, -0.1) is 0 Å². The maximum atomic E-state index is 12.6. The fourth-order valence-corrected chi connectivity index (χ4v) is 2.35. The SMILES string of the molecule is COCCN(Cc1ccc(C)o1)C(=O)Cc1cccc(C(=O)O)c1. The highest BCUT2D eigenvalue weighted by atomic mass is 16.5. The van der Waals surface area contributed by atoms with Gasteiger partial charge in [0.2, 0.25) is 5.91 Å². The normalized spacial score (nSPS) is 10.6. The van der Waals surface area contributed by atoms with Crippen LogP contribution in [0.1, 0.15) is 27.4 Å². The lowest BCUT2D eigenvalue weighted by molar-refractivity contribution is -0.132. The molecule has 2 rings (SSSR count). The number of hydrogen-bond acceptors (Lipinski definition) is 4. The number of aromatic carboxylic acids is 1. The molecule has 0 aliphatic carbocycles. The minimum Gasteiger partial charge on any atom is -0.478 e. The molecule has 0 fully saturated rings. The topological polar surface area (TPSA) is 80.0 Å². The first-order valence-electron chi connectivity index (χ1n) is 7.64. The van der Waals surface area contributed by atoms with Gasteiger partial charge in [0.15, 0.2) is 0 Å². The predicted octanol–water partition coefficient (Wildman–Crippen LogP) is 2.50. The van der Waals surface area contributed by atoms with Crippen molar-refractivity contribution in [3.8, 4) is 0 Å². The first-order chi connectivity index (χ1) is 11.5. The van der Waals surface area contributed by atoms with E-state index in [-0.39, 0.29) is 17.9 Å². The van der Waals surface area contributed by atoms with Crippen LogP contribution in [0.3, 0.4) is 0 Å². The molecule has 0 atom stereocenters. The number of hydrogen-bond donors (Lipinski definition) is 1. The van der Waals surface area contributed by atoms with Gasteiger partial charge < -0.3 is 19.2 Å². The van der Waals surface area contributed by atoms with Gasteiger partial charge in [0.05, 0.1) is 25.1 Å². The summed E-state index contributed by atoms with van der Waals surface area (Å²) in [5.41, 5.74) is 0.836. The first-order valence-corrected chi connectivity index (χ1v) is 7.64. The summed E-state index contributed by atoms with van der Waals surface area (Å²) in [6.45, 7) is 3.06. The smallest absolute Gasteiger partial charge is 0.335 e. The average Bonchev–Trinajstić information content (AvgIpc) is 2.96. The zero-order chi connectivity index (χ0) is 17.5. The Bertz CT molecular complexity index is 707. The van der Waals surface area contributed by atoms with Crippen LogP contribution in [0.5, 0.6) is 0 Å². The molecule has 0 spiro atoms. The van der Waals surface area contributed by atoms with Crippen molar-refractivity contribution < 1.29 is 23.8 Å². The van der Waals surface area contributed by atoms with Crippen LogP contribution in [0, 0.1) is 6.92 Å². The van der Waals surface area contributed by atoms with Crippen molar-refractivity contribution >= 4 is 11.9 Å². The Balaban J connectivity index is 2.09. The minimum absolute atomic E-state index is 0.108. The van der Waals surface area contributed by atoms with E-state index in [1.54, 1.807) is 24.1 Å². The van der Waals surface area contributed by atoms with Gasteiger partial charge in [-0.1, -0.05) is 12.1 Å². The number of nitrogens with zero attached hydrogens (tertiary/aromatic N) is 1. The summed E-state index contributed by atoms with van der Waals surface area (Å²) < 4.78 is 10.6. The number of benzene rings is 1. The Hall–Kier alpha value is -2.60. The number of amides is 1. The fourth-order valence-electron chi connectivity index (χ4n) is 2.35. The molecular weight excluding hydrogens is 310 g/mol. The number of furan rings is 1. The van der Waals surface area contributed by atoms with Gasteiger partial charge in [-0.05, 0) is 36.8 Å². The lowest BCUT2D eigenvalue weighted by Gasteiger charge is -2.21. The van der Waals surface area contributed by atoms with E-state index in [4.69, 9.17) is 14.3 Å². The molecule has 0 radical (unpaired) electrons. The quantitative estimate of drug-likeness (QED) is 0.804. The van der Waals surface area contributed by atoms with Crippen molar-refractivity contribution in [1.29, 1.82) is 0 Å². The molecule has 6 heteroatoms. The third-order valence-corrected chi connectivity index (χ3v) is 3.59. The average molecular weight is 331 g/mol. The van der Waals surface area contributed by atoms with E-state index in [1.807, 2.05) is 19.1 Å². The molecule has 1 amide bonds. The van der Waals surface area contributed by atoms with Gasteiger partial charge in [0, 0.05) is 13.7 Å². The maximum absolute atomic E-state index is 12.6. The second-order valence-corrected chi connectivity index (χ2v) is 5.50. The Morgan fingerprint density at radius 2 is 2.04 bits per heavy atom. The fraction of sp³-hybridized carbons (Fsp3) is 0.333. The molecule has 24 heavy (non-hydrogen) atoms. The molecule has 2 aromatic rings. The highest BCUT2D eigenvalue weighted by molar-refractivity contribution is 5.88. The van der Waals surface area contributed by atoms with Gasteiger partial charge in [-0.3, -0.25) is 4.79 Å². The van der Waals surface area contributed by atoms with E-state index in [0.29, 0.717) is 31.0 Å². The third kappa shape index (κ3) is 4.96. The van der Waals surface area contributed by atoms with Crippen molar-refractivity contribution in [3.63, 3.8) is 0 Å². The first kappa shape index (κ1) is 17.7. The summed E-state index contributed by atoms with van der Waals surface area (Å²) in [6.07, 6.45) is 0.129. The summed E-state index contributed by atoms with van der Waals surface area (Å²) in [6, 6.07) is 10.1. The van der Waals surface area contributed by atoms with Crippen LogP contribution < -0.4 is 0 Å². The van der Waals surface area contributed by atoms with Crippen molar-refractivity contribution in [2.75, 3.05) is 20.3 Å². The summed E-state index contributed by atoms with van der Waals surface area (Å²) in [7, 11) is 1.58. The third-order valence-electron chi connectivity index (χ3n) is 3.59. The van der Waals surface area contributed by atoms with E-state index in [0.717, 1.165) is 5.76 Å². The molecular formula is C18H21NO5. The van der Waals surface area contributed by atoms with Crippen molar-refractivity contribution in [2.24, 2.45) is 0 Å². The van der Waals surface area contributed by atoms with Gasteiger partial charge in [0.1, 0.15) is 11.5 Å². The Morgan fingerprint density at radius 3 is 2.67 bits per heavy atom. The van der Waals surface area contributed by atoms with E-state index in [1.165, 1.54) is 12.1 Å². The predicted molar refractivity (Wildman–Crippen MR) is 87.8 cm³/mol. The highest BCUT2D eigenvalue weighted by Crippen LogP contribution is 2.12. The van der Waals surface area contributed by atoms with Crippen LogP contribution in [-0.2, 0) is 22.5 Å². The molecule has 0 aliphatic heterocycles. The molecule has 0 saturated heterocycles. The largest absolute Gasteiger partial charge is 0.478 e. The standard InChI is InChI=1S/C18H21NO5/c1-13-6-7-16(24-13)12-19(8-9-23-2)17(20)11-14-4-3-5-15(10-14)18(21)22/h3-7,10H,8-9,11-12H2,1-2H3,(H,21,22). The summed E-state index contributed by atoms with van der Waals surface area (Å²) in [5, 5.41) is 9.04. The molecule has 0 bridgehead atoms. The van der Waals surface area contributed by atoms with Gasteiger partial charge in [-0.25, -0.2) is 4.79 Å². The van der Waals surface area contributed by atoms with Crippen LogP contribution in [0.15, 0.2) is 40.8 Å². The zero-order valence-electron chi connectivity index (χ0n) is 13.8. The lowest BCUT2D eigenvalue weighted by atomic mass is 10.1. The highest BCUT2D eigenvalue weighted by Gasteiger charge is 2.16.